The van der Waals surface area contributed by atoms with Crippen molar-refractivity contribution >= 4 is 28.4 Å². The first kappa shape index (κ1) is 13.0. The van der Waals surface area contributed by atoms with Crippen molar-refractivity contribution in [2.24, 2.45) is 7.05 Å². The summed E-state index contributed by atoms with van der Waals surface area (Å²) in [5.41, 5.74) is 2.77. The van der Waals surface area contributed by atoms with Gasteiger partial charge in [0.25, 0.3) is 5.69 Å². The Bertz CT molecular complexity index is 711. The van der Waals surface area contributed by atoms with Gasteiger partial charge in [-0.15, -0.1) is 0 Å². The van der Waals surface area contributed by atoms with Gasteiger partial charge in [0.05, 0.1) is 4.92 Å². The molecule has 0 fully saturated rings. The topological polar surface area (TPSA) is 65.1 Å². The molecule has 0 spiro atoms. The highest BCUT2D eigenvalue weighted by Crippen LogP contribution is 2.29. The first-order chi connectivity index (χ1) is 8.91. The Morgan fingerprint density at radius 2 is 2.11 bits per heavy atom. The number of nitro benzene ring substituents is 1. The Labute approximate surface area is 110 Å². The molecular weight excluding hydrogens is 244 g/mol. The Morgan fingerprint density at radius 1 is 1.42 bits per heavy atom. The minimum Gasteiger partial charge on any atom is -0.347 e. The van der Waals surface area contributed by atoms with Crippen molar-refractivity contribution in [1.29, 1.82) is 0 Å². The van der Waals surface area contributed by atoms with E-state index in [0.717, 1.165) is 22.2 Å². The van der Waals surface area contributed by atoms with Crippen LogP contribution in [0.4, 0.5) is 5.69 Å². The van der Waals surface area contributed by atoms with Gasteiger partial charge in [0.1, 0.15) is 0 Å². The number of benzene rings is 1. The van der Waals surface area contributed by atoms with Gasteiger partial charge in [-0.1, -0.05) is 0 Å². The maximum atomic E-state index is 11.0. The number of rotatable bonds is 3. The fraction of sp³-hybridized carbons (Fsp3) is 0.214. The molecule has 1 heterocycles. The number of carbonyl (C=O) groups is 1. The molecule has 0 atom stereocenters. The number of hydrogen-bond donors (Lipinski definition) is 0. The number of ketones is 1. The molecule has 5 heteroatoms. The summed E-state index contributed by atoms with van der Waals surface area (Å²) in [6, 6.07) is 4.76. The number of aromatic nitrogens is 1. The molecule has 2 aromatic rings. The van der Waals surface area contributed by atoms with Crippen LogP contribution in [0.5, 0.6) is 0 Å². The Balaban J connectivity index is 2.73. The molecule has 1 aromatic carbocycles. The minimum atomic E-state index is -0.416. The molecule has 0 unspecified atom stereocenters. The number of nitro groups is 1. The molecule has 98 valence electrons. The minimum absolute atomic E-state index is 0.0515. The Kier molecular flexibility index (Phi) is 3.21. The first-order valence-corrected chi connectivity index (χ1v) is 5.84. The van der Waals surface area contributed by atoms with Crippen molar-refractivity contribution < 1.29 is 9.72 Å². The molecule has 0 aliphatic heterocycles. The number of non-ortho nitro benzene ring substituents is 1. The lowest BCUT2D eigenvalue weighted by Gasteiger charge is -1.97. The summed E-state index contributed by atoms with van der Waals surface area (Å²) in [5.74, 6) is -0.0539. The largest absolute Gasteiger partial charge is 0.347 e. The molecule has 0 saturated heterocycles. The van der Waals surface area contributed by atoms with Gasteiger partial charge in [-0.2, -0.15) is 0 Å². The highest BCUT2D eigenvalue weighted by atomic mass is 16.6. The summed E-state index contributed by atoms with van der Waals surface area (Å²) in [6.07, 6.45) is 3.18. The van der Waals surface area contributed by atoms with Crippen molar-refractivity contribution in [2.45, 2.75) is 13.8 Å². The second-order valence-electron chi connectivity index (χ2n) is 4.46. The molecule has 19 heavy (non-hydrogen) atoms. The Hall–Kier alpha value is -2.43. The van der Waals surface area contributed by atoms with Crippen LogP contribution in [0.3, 0.4) is 0 Å². The zero-order chi connectivity index (χ0) is 14.2. The van der Waals surface area contributed by atoms with Crippen molar-refractivity contribution in [3.63, 3.8) is 0 Å². The summed E-state index contributed by atoms with van der Waals surface area (Å²) >= 11 is 0. The molecule has 0 saturated carbocycles. The van der Waals surface area contributed by atoms with E-state index in [0.29, 0.717) is 0 Å². The van der Waals surface area contributed by atoms with Crippen LogP contribution in [0.15, 0.2) is 24.3 Å². The lowest BCUT2D eigenvalue weighted by atomic mass is 10.1. The van der Waals surface area contributed by atoms with Crippen molar-refractivity contribution in [3.8, 4) is 0 Å². The fourth-order valence-electron chi connectivity index (χ4n) is 2.11. The van der Waals surface area contributed by atoms with Gasteiger partial charge >= 0.3 is 0 Å². The van der Waals surface area contributed by atoms with Crippen molar-refractivity contribution in [3.05, 3.63) is 45.6 Å². The predicted molar refractivity (Wildman–Crippen MR) is 74.0 cm³/mol. The normalized spacial score (nSPS) is 11.3. The maximum absolute atomic E-state index is 11.0. The second kappa shape index (κ2) is 4.68. The Morgan fingerprint density at radius 3 is 2.68 bits per heavy atom. The van der Waals surface area contributed by atoms with Crippen molar-refractivity contribution in [2.75, 3.05) is 0 Å². The van der Waals surface area contributed by atoms with Crippen molar-refractivity contribution in [1.82, 2.24) is 4.57 Å². The molecule has 0 bridgehead atoms. The molecule has 0 aliphatic carbocycles. The van der Waals surface area contributed by atoms with Crippen LogP contribution in [0.2, 0.25) is 0 Å². The van der Waals surface area contributed by atoms with E-state index < -0.39 is 4.92 Å². The van der Waals surface area contributed by atoms with E-state index in [2.05, 4.69) is 0 Å². The third kappa shape index (κ3) is 2.27. The van der Waals surface area contributed by atoms with Gasteiger partial charge in [-0.3, -0.25) is 14.9 Å². The summed E-state index contributed by atoms with van der Waals surface area (Å²) < 4.78 is 1.96. The highest BCUT2D eigenvalue weighted by Gasteiger charge is 2.14. The van der Waals surface area contributed by atoms with Crippen LogP contribution in [0.1, 0.15) is 18.2 Å². The zero-order valence-corrected chi connectivity index (χ0v) is 11.0. The summed E-state index contributed by atoms with van der Waals surface area (Å²) in [6.45, 7) is 3.39. The lowest BCUT2D eigenvalue weighted by molar-refractivity contribution is -0.384. The number of carbonyl (C=O) groups excluding carboxylic acids is 1. The van der Waals surface area contributed by atoms with Crippen LogP contribution in [0.25, 0.3) is 17.0 Å². The van der Waals surface area contributed by atoms with E-state index in [1.165, 1.54) is 19.1 Å². The van der Waals surface area contributed by atoms with Crippen LogP contribution in [0, 0.1) is 17.0 Å². The van der Waals surface area contributed by atoms with E-state index in [4.69, 9.17) is 0 Å². The average Bonchev–Trinajstić information content (AvgIpc) is 2.59. The monoisotopic (exact) mass is 258 g/mol. The molecule has 0 aliphatic rings. The van der Waals surface area contributed by atoms with Gasteiger partial charge < -0.3 is 4.57 Å². The van der Waals surface area contributed by atoms with Crippen LogP contribution >= 0.6 is 0 Å². The van der Waals surface area contributed by atoms with E-state index >= 15 is 0 Å². The van der Waals surface area contributed by atoms with Crippen LogP contribution in [-0.4, -0.2) is 15.3 Å². The SMILES string of the molecule is CC(=O)C=Cc1c(C)n(C)c2ccc([N+](=O)[O-])cc12. The molecule has 2 rings (SSSR count). The lowest BCUT2D eigenvalue weighted by Crippen LogP contribution is -1.90. The van der Waals surface area contributed by atoms with E-state index in [-0.39, 0.29) is 11.5 Å². The molecular formula is C14H14N2O3. The van der Waals surface area contributed by atoms with Gasteiger partial charge in [0.15, 0.2) is 5.78 Å². The summed E-state index contributed by atoms with van der Waals surface area (Å²) in [4.78, 5) is 21.5. The number of allylic oxidation sites excluding steroid dienone is 1. The molecule has 0 N–H and O–H groups in total. The first-order valence-electron chi connectivity index (χ1n) is 5.84. The average molecular weight is 258 g/mol. The van der Waals surface area contributed by atoms with Gasteiger partial charge in [-0.05, 0) is 32.1 Å². The third-order valence-electron chi connectivity index (χ3n) is 3.22. The third-order valence-corrected chi connectivity index (χ3v) is 3.22. The molecule has 5 nitrogen and oxygen atoms in total. The molecule has 0 amide bonds. The van der Waals surface area contributed by atoms with E-state index in [1.807, 2.05) is 18.5 Å². The van der Waals surface area contributed by atoms with E-state index in [1.54, 1.807) is 18.2 Å². The van der Waals surface area contributed by atoms with Gasteiger partial charge in [0, 0.05) is 41.3 Å². The summed E-state index contributed by atoms with van der Waals surface area (Å²) in [7, 11) is 1.90. The fourth-order valence-corrected chi connectivity index (χ4v) is 2.11. The standard InChI is InChI=1S/C14H14N2O3/c1-9(17)4-6-12-10(2)15(3)14-7-5-11(16(18)19)8-13(12)14/h4-8H,1-3H3. The number of nitrogens with zero attached hydrogens (tertiary/aromatic N) is 2. The van der Waals surface area contributed by atoms with Crippen LogP contribution in [-0.2, 0) is 11.8 Å². The second-order valence-corrected chi connectivity index (χ2v) is 4.46. The molecule has 0 radical (unpaired) electrons. The van der Waals surface area contributed by atoms with E-state index in [9.17, 15) is 14.9 Å². The number of hydrogen-bond acceptors (Lipinski definition) is 3. The molecule has 1 aromatic heterocycles. The number of aryl methyl sites for hydroxylation is 1. The quantitative estimate of drug-likeness (QED) is 0.483. The predicted octanol–water partition coefficient (Wildman–Crippen LogP) is 3.00. The highest BCUT2D eigenvalue weighted by molar-refractivity contribution is 5.98. The zero-order valence-electron chi connectivity index (χ0n) is 11.0. The smallest absolute Gasteiger partial charge is 0.270 e. The maximum Gasteiger partial charge on any atom is 0.270 e. The van der Waals surface area contributed by atoms with Crippen LogP contribution < -0.4 is 0 Å². The van der Waals surface area contributed by atoms with Gasteiger partial charge in [0.2, 0.25) is 0 Å². The summed E-state index contributed by atoms with van der Waals surface area (Å²) in [5, 5.41) is 11.6. The number of fused-ring (bicyclic) bond motifs is 1. The van der Waals surface area contributed by atoms with Gasteiger partial charge in [-0.25, -0.2) is 0 Å².